The molecule has 90 valence electrons. The number of aryl methyl sites for hydroxylation is 1. The summed E-state index contributed by atoms with van der Waals surface area (Å²) in [5.41, 5.74) is 0.477. The van der Waals surface area contributed by atoms with Crippen LogP contribution in [0.1, 0.15) is 15.4 Å². The molecule has 2 aromatic heterocycles. The molecule has 2 rings (SSSR count). The van der Waals surface area contributed by atoms with Gasteiger partial charge in [0.25, 0.3) is 5.91 Å². The van der Waals surface area contributed by atoms with Crippen molar-refractivity contribution in [2.24, 2.45) is 7.05 Å². The quantitative estimate of drug-likeness (QED) is 0.873. The third-order valence-electron chi connectivity index (χ3n) is 2.29. The number of aromatic nitrogens is 2. The van der Waals surface area contributed by atoms with Crippen molar-refractivity contribution in [2.75, 3.05) is 7.05 Å². The molecule has 0 saturated carbocycles. The summed E-state index contributed by atoms with van der Waals surface area (Å²) in [6.07, 6.45) is 3.35. The Balaban J connectivity index is 2.05. The van der Waals surface area contributed by atoms with Crippen molar-refractivity contribution in [3.8, 4) is 0 Å². The van der Waals surface area contributed by atoms with Gasteiger partial charge in [-0.2, -0.15) is 0 Å². The molecule has 6 heteroatoms. The van der Waals surface area contributed by atoms with E-state index in [1.807, 2.05) is 18.5 Å². The van der Waals surface area contributed by atoms with Gasteiger partial charge in [-0.3, -0.25) is 4.79 Å². The standard InChI is InChI=1S/C11H12BrN3OS/c1-14-5-10(13-7-14)11(16)15(2)4-9-3-8(12)6-17-9/h3,5-7H,4H2,1-2H3. The third-order valence-corrected chi connectivity index (χ3v) is 3.97. The van der Waals surface area contributed by atoms with Gasteiger partial charge in [0.05, 0.1) is 12.9 Å². The van der Waals surface area contributed by atoms with Gasteiger partial charge in [-0.05, 0) is 22.0 Å². The Kier molecular flexibility index (Phi) is 3.63. The Bertz CT molecular complexity index is 534. The van der Waals surface area contributed by atoms with Crippen molar-refractivity contribution in [3.05, 3.63) is 39.0 Å². The summed E-state index contributed by atoms with van der Waals surface area (Å²) in [4.78, 5) is 18.9. The highest BCUT2D eigenvalue weighted by Gasteiger charge is 2.14. The summed E-state index contributed by atoms with van der Waals surface area (Å²) in [6.45, 7) is 0.603. The van der Waals surface area contributed by atoms with Crippen LogP contribution in [0.2, 0.25) is 0 Å². The van der Waals surface area contributed by atoms with Gasteiger partial charge in [0.1, 0.15) is 5.69 Å². The molecule has 0 N–H and O–H groups in total. The van der Waals surface area contributed by atoms with E-state index in [4.69, 9.17) is 0 Å². The predicted molar refractivity (Wildman–Crippen MR) is 71.0 cm³/mol. The van der Waals surface area contributed by atoms with Crippen LogP contribution in [0.25, 0.3) is 0 Å². The van der Waals surface area contributed by atoms with Gasteiger partial charge >= 0.3 is 0 Å². The van der Waals surface area contributed by atoms with E-state index in [1.165, 1.54) is 0 Å². The maximum Gasteiger partial charge on any atom is 0.274 e. The van der Waals surface area contributed by atoms with Crippen LogP contribution in [0, 0.1) is 0 Å². The van der Waals surface area contributed by atoms with Crippen molar-refractivity contribution in [1.82, 2.24) is 14.5 Å². The van der Waals surface area contributed by atoms with Crippen molar-refractivity contribution in [1.29, 1.82) is 0 Å². The second kappa shape index (κ2) is 5.01. The van der Waals surface area contributed by atoms with Gasteiger partial charge in [-0.15, -0.1) is 11.3 Å². The lowest BCUT2D eigenvalue weighted by Gasteiger charge is -2.14. The summed E-state index contributed by atoms with van der Waals surface area (Å²) in [6, 6.07) is 2.02. The molecule has 0 saturated heterocycles. The molecular weight excluding hydrogens is 302 g/mol. The van der Waals surface area contributed by atoms with Gasteiger partial charge in [-0.1, -0.05) is 0 Å². The number of halogens is 1. The highest BCUT2D eigenvalue weighted by atomic mass is 79.9. The molecule has 0 aliphatic heterocycles. The lowest BCUT2D eigenvalue weighted by Crippen LogP contribution is -2.26. The molecule has 0 aliphatic rings. The van der Waals surface area contributed by atoms with Crippen molar-refractivity contribution in [2.45, 2.75) is 6.54 Å². The van der Waals surface area contributed by atoms with E-state index >= 15 is 0 Å². The Hall–Kier alpha value is -1.14. The molecule has 1 amide bonds. The van der Waals surface area contributed by atoms with Crippen molar-refractivity contribution < 1.29 is 4.79 Å². The van der Waals surface area contributed by atoms with E-state index in [9.17, 15) is 4.79 Å². The van der Waals surface area contributed by atoms with E-state index in [1.54, 1.807) is 40.4 Å². The van der Waals surface area contributed by atoms with E-state index in [0.29, 0.717) is 12.2 Å². The number of nitrogens with zero attached hydrogens (tertiary/aromatic N) is 3. The number of carbonyl (C=O) groups excluding carboxylic acids is 1. The van der Waals surface area contributed by atoms with Crippen LogP contribution in [0.15, 0.2) is 28.4 Å². The zero-order valence-electron chi connectivity index (χ0n) is 9.55. The minimum absolute atomic E-state index is 0.0601. The topological polar surface area (TPSA) is 38.1 Å². The summed E-state index contributed by atoms with van der Waals surface area (Å²) in [5, 5.41) is 2.01. The second-order valence-electron chi connectivity index (χ2n) is 3.82. The van der Waals surface area contributed by atoms with Crippen molar-refractivity contribution >= 4 is 33.2 Å². The fourth-order valence-corrected chi connectivity index (χ4v) is 2.96. The van der Waals surface area contributed by atoms with Crippen LogP contribution in [-0.4, -0.2) is 27.4 Å². The molecule has 0 spiro atoms. The van der Waals surface area contributed by atoms with E-state index in [-0.39, 0.29) is 5.91 Å². The Morgan fingerprint density at radius 1 is 1.65 bits per heavy atom. The summed E-state index contributed by atoms with van der Waals surface area (Å²) >= 11 is 5.03. The zero-order valence-corrected chi connectivity index (χ0v) is 12.0. The van der Waals surface area contributed by atoms with Crippen LogP contribution in [0.4, 0.5) is 0 Å². The molecule has 17 heavy (non-hydrogen) atoms. The highest BCUT2D eigenvalue weighted by molar-refractivity contribution is 9.10. The molecule has 0 atom stereocenters. The van der Waals surface area contributed by atoms with Crippen LogP contribution in [0.5, 0.6) is 0 Å². The highest BCUT2D eigenvalue weighted by Crippen LogP contribution is 2.21. The lowest BCUT2D eigenvalue weighted by atomic mass is 10.3. The summed E-state index contributed by atoms with van der Waals surface area (Å²) in [7, 11) is 3.63. The molecule has 2 aromatic rings. The molecule has 0 bridgehead atoms. The predicted octanol–water partition coefficient (Wildman–Crippen LogP) is 2.52. The lowest BCUT2D eigenvalue weighted by molar-refractivity contribution is 0.0781. The van der Waals surface area contributed by atoms with Crippen LogP contribution < -0.4 is 0 Å². The molecule has 4 nitrogen and oxygen atoms in total. The molecule has 2 heterocycles. The minimum atomic E-state index is -0.0601. The first-order valence-electron chi connectivity index (χ1n) is 5.02. The maximum absolute atomic E-state index is 12.0. The molecule has 0 unspecified atom stereocenters. The first kappa shape index (κ1) is 12.3. The number of hydrogen-bond acceptors (Lipinski definition) is 3. The molecule has 0 aromatic carbocycles. The van der Waals surface area contributed by atoms with Gasteiger partial charge in [0.15, 0.2) is 0 Å². The largest absolute Gasteiger partial charge is 0.340 e. The van der Waals surface area contributed by atoms with Gasteiger partial charge in [0.2, 0.25) is 0 Å². The first-order valence-corrected chi connectivity index (χ1v) is 6.70. The Morgan fingerprint density at radius 2 is 2.41 bits per heavy atom. The van der Waals surface area contributed by atoms with Crippen LogP contribution in [0.3, 0.4) is 0 Å². The zero-order chi connectivity index (χ0) is 12.4. The summed E-state index contributed by atoms with van der Waals surface area (Å²) < 4.78 is 2.82. The van der Waals surface area contributed by atoms with Gasteiger partial charge < -0.3 is 9.47 Å². The number of carbonyl (C=O) groups is 1. The fourth-order valence-electron chi connectivity index (χ4n) is 1.46. The molecular formula is C11H12BrN3OS. The van der Waals surface area contributed by atoms with Crippen LogP contribution in [-0.2, 0) is 13.6 Å². The molecule has 0 fully saturated rings. The first-order chi connectivity index (χ1) is 8.06. The van der Waals surface area contributed by atoms with Crippen LogP contribution >= 0.6 is 27.3 Å². The normalized spacial score (nSPS) is 10.5. The third kappa shape index (κ3) is 2.95. The van der Waals surface area contributed by atoms with E-state index in [2.05, 4.69) is 20.9 Å². The van der Waals surface area contributed by atoms with Gasteiger partial charge in [-0.25, -0.2) is 4.98 Å². The second-order valence-corrected chi connectivity index (χ2v) is 5.73. The number of thiophene rings is 1. The SMILES string of the molecule is CN(Cc1cc(Br)cs1)C(=O)c1cn(C)cn1. The van der Waals surface area contributed by atoms with E-state index in [0.717, 1.165) is 9.35 Å². The average Bonchev–Trinajstić information content (AvgIpc) is 2.87. The average molecular weight is 314 g/mol. The Morgan fingerprint density at radius 3 is 2.94 bits per heavy atom. The van der Waals surface area contributed by atoms with Crippen molar-refractivity contribution in [3.63, 3.8) is 0 Å². The number of amides is 1. The van der Waals surface area contributed by atoms with Gasteiger partial charge in [0, 0.05) is 35.0 Å². The van der Waals surface area contributed by atoms with E-state index < -0.39 is 0 Å². The maximum atomic E-state index is 12.0. The summed E-state index contributed by atoms with van der Waals surface area (Å²) in [5.74, 6) is -0.0601. The fraction of sp³-hybridized carbons (Fsp3) is 0.273. The number of imidazole rings is 1. The number of hydrogen-bond donors (Lipinski definition) is 0. The number of rotatable bonds is 3. The Labute approximate surface area is 112 Å². The monoisotopic (exact) mass is 313 g/mol. The smallest absolute Gasteiger partial charge is 0.274 e. The molecule has 0 radical (unpaired) electrons. The minimum Gasteiger partial charge on any atom is -0.340 e. The molecule has 0 aliphatic carbocycles.